The van der Waals surface area contributed by atoms with Crippen molar-refractivity contribution in [3.63, 3.8) is 0 Å². The Kier molecular flexibility index (Phi) is 3.30. The summed E-state index contributed by atoms with van der Waals surface area (Å²) in [5.74, 6) is 1.45. The van der Waals surface area contributed by atoms with E-state index in [0.717, 1.165) is 42.5 Å². The van der Waals surface area contributed by atoms with Crippen LogP contribution in [0.15, 0.2) is 30.5 Å². The van der Waals surface area contributed by atoms with Gasteiger partial charge < -0.3 is 10.0 Å². The molecule has 4 heteroatoms. The number of aromatic nitrogens is 1. The lowest BCUT2D eigenvalue weighted by atomic mass is 9.94. The summed E-state index contributed by atoms with van der Waals surface area (Å²) in [6, 6.07) is 7.25. The van der Waals surface area contributed by atoms with Crippen LogP contribution in [0.4, 0.5) is 5.82 Å². The number of hydrogen-bond donors (Lipinski definition) is 1. The minimum Gasteiger partial charge on any atom is -0.508 e. The Hall–Kier alpha value is -2.10. The number of carbonyl (C=O) groups is 1. The van der Waals surface area contributed by atoms with Crippen LogP contribution in [0.1, 0.15) is 19.8 Å². The molecule has 1 saturated heterocycles. The molecule has 0 amide bonds. The van der Waals surface area contributed by atoms with Crippen molar-refractivity contribution < 1.29 is 9.90 Å². The standard InChI is InChI=1S/C16H18N2O2/c1-11(19)13-3-2-8-18(10-13)16-15-9-14(20)5-4-12(15)6-7-17-16/h4-7,9,13,20H,2-3,8,10H2,1H3. The van der Waals surface area contributed by atoms with Crippen molar-refractivity contribution >= 4 is 22.4 Å². The second-order valence-electron chi connectivity index (χ2n) is 5.44. The molecule has 0 aliphatic carbocycles. The van der Waals surface area contributed by atoms with E-state index in [1.54, 1.807) is 25.3 Å². The Bertz CT molecular complexity index is 654. The van der Waals surface area contributed by atoms with Crippen LogP contribution >= 0.6 is 0 Å². The van der Waals surface area contributed by atoms with Crippen LogP contribution in [-0.4, -0.2) is 29.0 Å². The van der Waals surface area contributed by atoms with Gasteiger partial charge in [0.1, 0.15) is 17.4 Å². The number of ketones is 1. The maximum atomic E-state index is 11.6. The second-order valence-corrected chi connectivity index (χ2v) is 5.44. The largest absolute Gasteiger partial charge is 0.508 e. The molecule has 0 spiro atoms. The van der Waals surface area contributed by atoms with E-state index in [1.165, 1.54) is 0 Å². The average Bonchev–Trinajstić information content (AvgIpc) is 2.46. The van der Waals surface area contributed by atoms with Crippen molar-refractivity contribution in [2.75, 3.05) is 18.0 Å². The molecule has 1 unspecified atom stereocenters. The van der Waals surface area contributed by atoms with Crippen molar-refractivity contribution in [1.82, 2.24) is 4.98 Å². The first-order valence-corrected chi connectivity index (χ1v) is 6.98. The highest BCUT2D eigenvalue weighted by molar-refractivity contribution is 5.93. The monoisotopic (exact) mass is 270 g/mol. The lowest BCUT2D eigenvalue weighted by Crippen LogP contribution is -2.38. The minimum atomic E-state index is 0.0955. The third-order valence-electron chi connectivity index (χ3n) is 4.02. The van der Waals surface area contributed by atoms with Crippen molar-refractivity contribution in [2.45, 2.75) is 19.8 Å². The lowest BCUT2D eigenvalue weighted by molar-refractivity contribution is -0.120. The third-order valence-corrected chi connectivity index (χ3v) is 4.02. The van der Waals surface area contributed by atoms with E-state index in [1.807, 2.05) is 12.1 Å². The van der Waals surface area contributed by atoms with Crippen molar-refractivity contribution in [2.24, 2.45) is 5.92 Å². The Labute approximate surface area is 118 Å². The highest BCUT2D eigenvalue weighted by Gasteiger charge is 2.24. The molecule has 4 nitrogen and oxygen atoms in total. The molecule has 3 rings (SSSR count). The molecule has 20 heavy (non-hydrogen) atoms. The molecule has 1 aromatic carbocycles. The van der Waals surface area contributed by atoms with E-state index in [2.05, 4.69) is 9.88 Å². The Morgan fingerprint density at radius 1 is 1.40 bits per heavy atom. The molecule has 2 heterocycles. The van der Waals surface area contributed by atoms with Gasteiger partial charge in [0, 0.05) is 30.6 Å². The summed E-state index contributed by atoms with van der Waals surface area (Å²) in [5.41, 5.74) is 0. The number of fused-ring (bicyclic) bond motifs is 1. The number of phenols is 1. The van der Waals surface area contributed by atoms with Gasteiger partial charge in [-0.25, -0.2) is 4.98 Å². The lowest BCUT2D eigenvalue weighted by Gasteiger charge is -2.33. The predicted octanol–water partition coefficient (Wildman–Crippen LogP) is 2.75. The number of aromatic hydroxyl groups is 1. The van der Waals surface area contributed by atoms with Crippen LogP contribution in [0.2, 0.25) is 0 Å². The summed E-state index contributed by atoms with van der Waals surface area (Å²) in [4.78, 5) is 18.2. The number of phenolic OH excluding ortho intramolecular Hbond substituents is 1. The van der Waals surface area contributed by atoms with Gasteiger partial charge in [0.05, 0.1) is 0 Å². The number of piperidine rings is 1. The molecular formula is C16H18N2O2. The van der Waals surface area contributed by atoms with Crippen LogP contribution in [-0.2, 0) is 4.79 Å². The molecule has 2 aromatic rings. The number of hydrogen-bond acceptors (Lipinski definition) is 4. The first kappa shape index (κ1) is 12.9. The normalized spacial score (nSPS) is 19.2. The van der Waals surface area contributed by atoms with Gasteiger partial charge in [0.15, 0.2) is 0 Å². The highest BCUT2D eigenvalue weighted by atomic mass is 16.3. The molecular weight excluding hydrogens is 252 g/mol. The zero-order valence-corrected chi connectivity index (χ0v) is 11.5. The fraction of sp³-hybridized carbons (Fsp3) is 0.375. The van der Waals surface area contributed by atoms with Gasteiger partial charge in [0.2, 0.25) is 0 Å². The maximum absolute atomic E-state index is 11.6. The fourth-order valence-electron chi connectivity index (χ4n) is 2.89. The smallest absolute Gasteiger partial charge is 0.136 e. The number of Topliss-reactive ketones (excluding diaryl/α,β-unsaturated/α-hetero) is 1. The molecule has 0 saturated carbocycles. The van der Waals surface area contributed by atoms with Gasteiger partial charge in [-0.1, -0.05) is 6.07 Å². The maximum Gasteiger partial charge on any atom is 0.136 e. The summed E-state index contributed by atoms with van der Waals surface area (Å²) >= 11 is 0. The predicted molar refractivity (Wildman–Crippen MR) is 79.0 cm³/mol. The Morgan fingerprint density at radius 3 is 3.05 bits per heavy atom. The first-order valence-electron chi connectivity index (χ1n) is 6.98. The molecule has 1 N–H and O–H groups in total. The summed E-state index contributed by atoms with van der Waals surface area (Å²) in [5, 5.41) is 11.7. The van der Waals surface area contributed by atoms with E-state index in [0.29, 0.717) is 0 Å². The summed E-state index contributed by atoms with van der Waals surface area (Å²) in [7, 11) is 0. The molecule has 1 fully saturated rings. The third kappa shape index (κ3) is 2.33. The fourth-order valence-corrected chi connectivity index (χ4v) is 2.89. The van der Waals surface area contributed by atoms with Gasteiger partial charge in [-0.3, -0.25) is 4.79 Å². The number of rotatable bonds is 2. The molecule has 0 bridgehead atoms. The van der Waals surface area contributed by atoms with Gasteiger partial charge in [0.25, 0.3) is 0 Å². The van der Waals surface area contributed by atoms with Crippen LogP contribution in [0.3, 0.4) is 0 Å². The van der Waals surface area contributed by atoms with E-state index in [9.17, 15) is 9.90 Å². The number of anilines is 1. The van der Waals surface area contributed by atoms with Gasteiger partial charge in [-0.05, 0) is 43.4 Å². The molecule has 1 aliphatic rings. The van der Waals surface area contributed by atoms with Crippen molar-refractivity contribution in [3.05, 3.63) is 30.5 Å². The van der Waals surface area contributed by atoms with E-state index in [4.69, 9.17) is 0 Å². The number of pyridine rings is 1. The van der Waals surface area contributed by atoms with E-state index < -0.39 is 0 Å². The quantitative estimate of drug-likeness (QED) is 0.911. The van der Waals surface area contributed by atoms with E-state index in [-0.39, 0.29) is 17.5 Å². The SMILES string of the molecule is CC(=O)C1CCCN(c2nccc3ccc(O)cc23)C1. The molecule has 1 aliphatic heterocycles. The van der Waals surface area contributed by atoms with Gasteiger partial charge in [-0.2, -0.15) is 0 Å². The summed E-state index contributed by atoms with van der Waals surface area (Å²) < 4.78 is 0. The number of benzene rings is 1. The highest BCUT2D eigenvalue weighted by Crippen LogP contribution is 2.30. The van der Waals surface area contributed by atoms with Crippen LogP contribution in [0.5, 0.6) is 5.75 Å². The molecule has 1 aromatic heterocycles. The van der Waals surface area contributed by atoms with Crippen molar-refractivity contribution in [1.29, 1.82) is 0 Å². The zero-order valence-electron chi connectivity index (χ0n) is 11.5. The number of nitrogens with zero attached hydrogens (tertiary/aromatic N) is 2. The van der Waals surface area contributed by atoms with Crippen LogP contribution in [0.25, 0.3) is 10.8 Å². The number of carbonyl (C=O) groups excluding carboxylic acids is 1. The summed E-state index contributed by atoms with van der Waals surface area (Å²) in [6.07, 6.45) is 3.75. The van der Waals surface area contributed by atoms with Crippen LogP contribution < -0.4 is 4.90 Å². The average molecular weight is 270 g/mol. The van der Waals surface area contributed by atoms with Gasteiger partial charge in [-0.15, -0.1) is 0 Å². The molecule has 0 radical (unpaired) electrons. The van der Waals surface area contributed by atoms with E-state index >= 15 is 0 Å². The molecule has 104 valence electrons. The first-order chi connectivity index (χ1) is 9.65. The minimum absolute atomic E-state index is 0.0955. The zero-order chi connectivity index (χ0) is 14.1. The topological polar surface area (TPSA) is 53.4 Å². The Morgan fingerprint density at radius 2 is 2.25 bits per heavy atom. The van der Waals surface area contributed by atoms with Crippen molar-refractivity contribution in [3.8, 4) is 5.75 Å². The second kappa shape index (κ2) is 5.12. The van der Waals surface area contributed by atoms with Gasteiger partial charge >= 0.3 is 0 Å². The van der Waals surface area contributed by atoms with Crippen LogP contribution in [0, 0.1) is 5.92 Å². The summed E-state index contributed by atoms with van der Waals surface area (Å²) in [6.45, 7) is 3.29. The Balaban J connectivity index is 2.01. The molecule has 1 atom stereocenters.